The highest BCUT2D eigenvalue weighted by molar-refractivity contribution is 5.81. The number of aromatic nitrogens is 6. The number of fused-ring (bicyclic) bond motifs is 1. The fourth-order valence-corrected chi connectivity index (χ4v) is 3.71. The van der Waals surface area contributed by atoms with Gasteiger partial charge in [-0.05, 0) is 6.42 Å². The maximum absolute atomic E-state index is 11.1. The number of aromatic amines is 1. The maximum atomic E-state index is 11.1. The summed E-state index contributed by atoms with van der Waals surface area (Å²) < 4.78 is 7.49. The van der Waals surface area contributed by atoms with Gasteiger partial charge in [0.1, 0.15) is 36.2 Å². The molecule has 1 aliphatic heterocycles. The van der Waals surface area contributed by atoms with Crippen molar-refractivity contribution >= 4 is 23.0 Å². The number of H-pyrrole nitrogens is 1. The van der Waals surface area contributed by atoms with E-state index < -0.39 is 36.6 Å². The van der Waals surface area contributed by atoms with E-state index in [4.69, 9.17) is 21.3 Å². The zero-order valence-electron chi connectivity index (χ0n) is 17.0. The van der Waals surface area contributed by atoms with Crippen molar-refractivity contribution in [2.24, 2.45) is 5.73 Å². The van der Waals surface area contributed by atoms with Crippen molar-refractivity contribution in [1.82, 2.24) is 34.4 Å². The lowest BCUT2D eigenvalue weighted by atomic mass is 10.1. The van der Waals surface area contributed by atoms with Crippen molar-refractivity contribution in [2.45, 2.75) is 43.5 Å². The van der Waals surface area contributed by atoms with E-state index in [1.54, 1.807) is 6.20 Å². The van der Waals surface area contributed by atoms with Crippen LogP contribution in [0.4, 0.5) is 5.82 Å². The number of carboxylic acid groups (broad SMARTS) is 1. The predicted molar refractivity (Wildman–Crippen MR) is 110 cm³/mol. The number of nitrogens with zero attached hydrogens (tertiary/aromatic N) is 6. The summed E-state index contributed by atoms with van der Waals surface area (Å²) in [6.07, 6.45) is 1.93. The highest BCUT2D eigenvalue weighted by Crippen LogP contribution is 2.32. The average Bonchev–Trinajstić information content (AvgIpc) is 3.49. The van der Waals surface area contributed by atoms with E-state index in [1.165, 1.54) is 23.5 Å². The molecular weight excluding hydrogens is 422 g/mol. The molecule has 4 heterocycles. The molecule has 4 rings (SSSR count). The number of aliphatic hydroxyl groups is 2. The number of hydrogen-bond acceptors (Lipinski definition) is 11. The molecule has 14 nitrogen and oxygen atoms in total. The molecule has 1 aliphatic rings. The number of aliphatic hydroxyl groups excluding tert-OH is 2. The Labute approximate surface area is 181 Å². The smallest absolute Gasteiger partial charge is 0.320 e. The minimum Gasteiger partial charge on any atom is -0.480 e. The number of anilines is 1. The van der Waals surface area contributed by atoms with Gasteiger partial charge in [-0.1, -0.05) is 0 Å². The first-order valence-electron chi connectivity index (χ1n) is 9.97. The molecule has 0 spiro atoms. The van der Waals surface area contributed by atoms with Crippen LogP contribution in [0.2, 0.25) is 0 Å². The molecule has 0 amide bonds. The molecule has 14 heteroatoms. The second kappa shape index (κ2) is 9.13. The van der Waals surface area contributed by atoms with Gasteiger partial charge in [0.05, 0.1) is 12.7 Å². The number of nitrogens with one attached hydrogen (secondary N) is 1. The highest BCUT2D eigenvalue weighted by atomic mass is 16.6. The number of imidazole rings is 2. The first kappa shape index (κ1) is 22.0. The molecule has 1 fully saturated rings. The summed E-state index contributed by atoms with van der Waals surface area (Å²) in [5, 5.41) is 30.4. The van der Waals surface area contributed by atoms with Crippen LogP contribution in [0.5, 0.6) is 0 Å². The Balaban J connectivity index is 1.50. The van der Waals surface area contributed by atoms with Gasteiger partial charge in [0, 0.05) is 31.5 Å². The summed E-state index contributed by atoms with van der Waals surface area (Å²) in [5.74, 6) is -0.897. The quantitative estimate of drug-likeness (QED) is 0.211. The van der Waals surface area contributed by atoms with Crippen molar-refractivity contribution in [3.05, 3.63) is 30.9 Å². The minimum atomic E-state index is -1.25. The molecule has 3 aromatic rings. The first-order valence-corrected chi connectivity index (χ1v) is 9.97. The number of nitrogens with two attached hydrogens (primary N) is 2. The Morgan fingerprint density at radius 1 is 1.31 bits per heavy atom. The molecule has 0 saturated carbocycles. The monoisotopic (exact) mass is 447 g/mol. The Morgan fingerprint density at radius 2 is 2.12 bits per heavy atom. The van der Waals surface area contributed by atoms with Crippen LogP contribution in [0.1, 0.15) is 18.3 Å². The van der Waals surface area contributed by atoms with Gasteiger partial charge in [0.15, 0.2) is 17.7 Å². The van der Waals surface area contributed by atoms with Gasteiger partial charge in [0.25, 0.3) is 0 Å². The molecule has 1 saturated heterocycles. The van der Waals surface area contributed by atoms with Gasteiger partial charge in [-0.25, -0.2) is 19.9 Å². The number of carboxylic acids is 1. The van der Waals surface area contributed by atoms with E-state index >= 15 is 0 Å². The van der Waals surface area contributed by atoms with Crippen molar-refractivity contribution in [2.75, 3.05) is 18.8 Å². The van der Waals surface area contributed by atoms with E-state index in [9.17, 15) is 15.0 Å². The SMILES string of the molecule is Nc1ncnc2c1ncn2[C@@H]1O[C@H](CN(CC[C@H](N)C(=O)O)Cc2cnc[nH]2)[C@@H](O)[C@H]1O. The van der Waals surface area contributed by atoms with Gasteiger partial charge in [-0.15, -0.1) is 0 Å². The molecule has 0 bridgehead atoms. The maximum Gasteiger partial charge on any atom is 0.320 e. The highest BCUT2D eigenvalue weighted by Gasteiger charge is 2.45. The van der Waals surface area contributed by atoms with Crippen LogP contribution in [0.25, 0.3) is 11.2 Å². The van der Waals surface area contributed by atoms with E-state index in [0.717, 1.165) is 5.69 Å². The predicted octanol–water partition coefficient (Wildman–Crippen LogP) is -1.94. The standard InChI is InChI=1S/C18H25N9O5/c19-10(18(30)31)1-2-26(4-9-3-21-6-22-9)5-11-13(28)14(29)17(32-11)27-8-25-12-15(20)23-7-24-16(12)27/h3,6-8,10-11,13-14,17,28-29H,1-2,4-5,19H2,(H,21,22)(H,30,31)(H2,20,23,24)/t10-,11+,13+,14+,17+/m0/s1. The first-order chi connectivity index (χ1) is 15.3. The van der Waals surface area contributed by atoms with Gasteiger partial charge in [-0.2, -0.15) is 0 Å². The van der Waals surface area contributed by atoms with E-state index in [0.29, 0.717) is 24.3 Å². The zero-order chi connectivity index (χ0) is 22.8. The lowest BCUT2D eigenvalue weighted by molar-refractivity contribution is -0.138. The second-order valence-corrected chi connectivity index (χ2v) is 7.67. The Hall–Kier alpha value is -3.17. The van der Waals surface area contributed by atoms with Crippen LogP contribution >= 0.6 is 0 Å². The number of rotatable bonds is 9. The summed E-state index contributed by atoms with van der Waals surface area (Å²) in [7, 11) is 0. The number of nitrogen functional groups attached to an aromatic ring is 1. The fourth-order valence-electron chi connectivity index (χ4n) is 3.71. The molecule has 0 aromatic carbocycles. The number of carbonyl (C=O) groups is 1. The molecule has 172 valence electrons. The zero-order valence-corrected chi connectivity index (χ0v) is 17.0. The molecule has 0 radical (unpaired) electrons. The summed E-state index contributed by atoms with van der Waals surface area (Å²) in [6, 6.07) is -1.02. The van der Waals surface area contributed by atoms with Gasteiger partial charge in [0.2, 0.25) is 0 Å². The summed E-state index contributed by atoms with van der Waals surface area (Å²) in [6.45, 7) is 0.943. The average molecular weight is 447 g/mol. The van der Waals surface area contributed by atoms with Crippen molar-refractivity contribution in [1.29, 1.82) is 0 Å². The Morgan fingerprint density at radius 3 is 2.84 bits per heavy atom. The molecule has 0 aliphatic carbocycles. The van der Waals surface area contributed by atoms with E-state index in [2.05, 4.69) is 24.9 Å². The molecule has 5 atom stereocenters. The second-order valence-electron chi connectivity index (χ2n) is 7.67. The number of ether oxygens (including phenoxy) is 1. The third-order valence-electron chi connectivity index (χ3n) is 5.46. The lowest BCUT2D eigenvalue weighted by Crippen LogP contribution is -2.42. The minimum absolute atomic E-state index is 0.193. The number of aliphatic carboxylic acids is 1. The number of hydrogen-bond donors (Lipinski definition) is 6. The largest absolute Gasteiger partial charge is 0.480 e. The van der Waals surface area contributed by atoms with Crippen molar-refractivity contribution in [3.8, 4) is 0 Å². The van der Waals surface area contributed by atoms with Crippen LogP contribution in [-0.4, -0.2) is 93.1 Å². The van der Waals surface area contributed by atoms with Crippen LogP contribution in [0.3, 0.4) is 0 Å². The third kappa shape index (κ3) is 4.39. The molecule has 0 unspecified atom stereocenters. The van der Waals surface area contributed by atoms with Crippen LogP contribution < -0.4 is 11.5 Å². The van der Waals surface area contributed by atoms with Crippen molar-refractivity contribution in [3.63, 3.8) is 0 Å². The molecule has 8 N–H and O–H groups in total. The summed E-state index contributed by atoms with van der Waals surface area (Å²) in [5.41, 5.74) is 13.0. The van der Waals surface area contributed by atoms with Crippen LogP contribution in [-0.2, 0) is 16.1 Å². The van der Waals surface area contributed by atoms with E-state index in [-0.39, 0.29) is 18.8 Å². The molecule has 3 aromatic heterocycles. The Kier molecular flexibility index (Phi) is 6.29. The van der Waals surface area contributed by atoms with Gasteiger partial charge in [-0.3, -0.25) is 14.3 Å². The Bertz CT molecular complexity index is 1060. The summed E-state index contributed by atoms with van der Waals surface area (Å²) in [4.78, 5) is 32.2. The van der Waals surface area contributed by atoms with Gasteiger partial charge < -0.3 is 36.5 Å². The molecule has 32 heavy (non-hydrogen) atoms. The van der Waals surface area contributed by atoms with Gasteiger partial charge >= 0.3 is 5.97 Å². The fraction of sp³-hybridized carbons (Fsp3) is 0.500. The lowest BCUT2D eigenvalue weighted by Gasteiger charge is -2.26. The summed E-state index contributed by atoms with van der Waals surface area (Å²) >= 11 is 0. The topological polar surface area (TPSA) is 215 Å². The normalized spacial score (nSPS) is 24.4. The van der Waals surface area contributed by atoms with E-state index in [1.807, 2.05) is 4.90 Å². The van der Waals surface area contributed by atoms with Crippen LogP contribution in [0, 0.1) is 0 Å². The van der Waals surface area contributed by atoms with Crippen molar-refractivity contribution < 1.29 is 24.9 Å². The van der Waals surface area contributed by atoms with Crippen LogP contribution in [0.15, 0.2) is 25.2 Å². The third-order valence-corrected chi connectivity index (χ3v) is 5.46. The molecular formula is C18H25N9O5.